The smallest absolute Gasteiger partial charge is 0.130 e. The zero-order valence-corrected chi connectivity index (χ0v) is 11.7. The zero-order valence-electron chi connectivity index (χ0n) is 11.7. The van der Waals surface area contributed by atoms with Gasteiger partial charge in [-0.3, -0.25) is 0 Å². The highest BCUT2D eigenvalue weighted by Gasteiger charge is 2.17. The van der Waals surface area contributed by atoms with Crippen LogP contribution in [0.5, 0.6) is 0 Å². The second-order valence-electron chi connectivity index (χ2n) is 5.47. The van der Waals surface area contributed by atoms with Crippen molar-refractivity contribution in [3.8, 4) is 0 Å². The van der Waals surface area contributed by atoms with Crippen molar-refractivity contribution in [3.63, 3.8) is 0 Å². The average molecular weight is 247 g/mol. The Hall–Kier alpha value is -1.25. The molecule has 1 aromatic rings. The van der Waals surface area contributed by atoms with Gasteiger partial charge >= 0.3 is 0 Å². The molecule has 18 heavy (non-hydrogen) atoms. The Balaban J connectivity index is 2.02. The summed E-state index contributed by atoms with van der Waals surface area (Å²) >= 11 is 0. The Bertz CT molecular complexity index is 389. The van der Waals surface area contributed by atoms with E-state index >= 15 is 0 Å². The van der Waals surface area contributed by atoms with Gasteiger partial charge in [-0.25, -0.2) is 4.98 Å². The van der Waals surface area contributed by atoms with Gasteiger partial charge in [0.05, 0.1) is 0 Å². The summed E-state index contributed by atoms with van der Waals surface area (Å²) < 4.78 is 0. The van der Waals surface area contributed by atoms with Crippen LogP contribution in [0.25, 0.3) is 0 Å². The molecule has 2 rings (SSSR count). The number of aryl methyl sites for hydroxylation is 1. The molecule has 2 heterocycles. The Morgan fingerprint density at radius 3 is 2.94 bits per heavy atom. The topological polar surface area (TPSA) is 42.1 Å². The van der Waals surface area contributed by atoms with E-state index in [2.05, 4.69) is 16.8 Å². The molecule has 1 fully saturated rings. The van der Waals surface area contributed by atoms with Gasteiger partial charge in [0.15, 0.2) is 0 Å². The lowest BCUT2D eigenvalue weighted by molar-refractivity contribution is 0.435. The van der Waals surface area contributed by atoms with Gasteiger partial charge in [0.2, 0.25) is 0 Å². The van der Waals surface area contributed by atoms with Gasteiger partial charge in [-0.2, -0.15) is 0 Å². The molecule has 3 heteroatoms. The lowest BCUT2D eigenvalue weighted by atomic mass is 9.96. The van der Waals surface area contributed by atoms with E-state index in [1.807, 2.05) is 19.2 Å². The lowest BCUT2D eigenvalue weighted by Gasteiger charge is -2.22. The minimum atomic E-state index is 0.856. The molecule has 0 aromatic carbocycles. The maximum atomic E-state index is 5.97. The molecule has 1 aliphatic heterocycles. The fourth-order valence-corrected chi connectivity index (χ4v) is 2.79. The Morgan fingerprint density at radius 2 is 2.22 bits per heavy atom. The highest BCUT2D eigenvalue weighted by molar-refractivity contribution is 5.54. The quantitative estimate of drug-likeness (QED) is 0.890. The first-order valence-electron chi connectivity index (χ1n) is 7.17. The van der Waals surface area contributed by atoms with Crippen LogP contribution in [0.3, 0.4) is 0 Å². The van der Waals surface area contributed by atoms with Gasteiger partial charge in [-0.1, -0.05) is 19.8 Å². The molecule has 2 N–H and O–H groups in total. The minimum absolute atomic E-state index is 0.856. The first-order valence-corrected chi connectivity index (χ1v) is 7.17. The Kier molecular flexibility index (Phi) is 4.45. The average Bonchev–Trinajstić information content (AvgIpc) is 2.59. The van der Waals surface area contributed by atoms with Crippen molar-refractivity contribution < 1.29 is 0 Å². The number of pyridine rings is 1. The minimum Gasteiger partial charge on any atom is -0.398 e. The Morgan fingerprint density at radius 1 is 1.39 bits per heavy atom. The van der Waals surface area contributed by atoms with E-state index in [1.165, 1.54) is 32.1 Å². The van der Waals surface area contributed by atoms with Crippen LogP contribution in [0, 0.1) is 12.8 Å². The number of nitrogen functional groups attached to an aromatic ring is 1. The van der Waals surface area contributed by atoms with Crippen molar-refractivity contribution in [1.29, 1.82) is 0 Å². The molecule has 0 aliphatic carbocycles. The largest absolute Gasteiger partial charge is 0.398 e. The molecule has 0 amide bonds. The molecule has 0 spiro atoms. The highest BCUT2D eigenvalue weighted by Crippen LogP contribution is 2.25. The summed E-state index contributed by atoms with van der Waals surface area (Å²) in [5.41, 5.74) is 7.90. The predicted octanol–water partition coefficient (Wildman–Crippen LogP) is 3.38. The molecule has 100 valence electrons. The second-order valence-corrected chi connectivity index (χ2v) is 5.47. The molecule has 0 radical (unpaired) electrons. The number of hydrogen-bond acceptors (Lipinski definition) is 3. The zero-order chi connectivity index (χ0) is 13.0. The monoisotopic (exact) mass is 247 g/mol. The van der Waals surface area contributed by atoms with Crippen LogP contribution in [0.4, 0.5) is 11.5 Å². The van der Waals surface area contributed by atoms with Gasteiger partial charge in [0, 0.05) is 31.0 Å². The molecule has 1 unspecified atom stereocenters. The van der Waals surface area contributed by atoms with E-state index in [4.69, 9.17) is 5.73 Å². The van der Waals surface area contributed by atoms with Gasteiger partial charge in [0.25, 0.3) is 0 Å². The molecular formula is C15H25N3. The van der Waals surface area contributed by atoms with Gasteiger partial charge in [0.1, 0.15) is 5.82 Å². The van der Waals surface area contributed by atoms with Crippen LogP contribution in [-0.2, 0) is 0 Å². The fraction of sp³-hybridized carbons (Fsp3) is 0.667. The number of nitrogens with zero attached hydrogens (tertiary/aromatic N) is 2. The van der Waals surface area contributed by atoms with E-state index < -0.39 is 0 Å². The third-order valence-electron chi connectivity index (χ3n) is 4.00. The van der Waals surface area contributed by atoms with Crippen molar-refractivity contribution in [1.82, 2.24) is 4.98 Å². The lowest BCUT2D eigenvalue weighted by Crippen LogP contribution is -2.25. The molecule has 3 nitrogen and oxygen atoms in total. The first kappa shape index (κ1) is 13.2. The van der Waals surface area contributed by atoms with E-state index in [-0.39, 0.29) is 0 Å². The summed E-state index contributed by atoms with van der Waals surface area (Å²) in [4.78, 5) is 6.92. The molecule has 1 saturated heterocycles. The Labute approximate surface area is 110 Å². The third-order valence-corrected chi connectivity index (χ3v) is 4.00. The summed E-state index contributed by atoms with van der Waals surface area (Å²) in [6.45, 7) is 6.53. The number of aromatic nitrogens is 1. The maximum absolute atomic E-state index is 5.97. The van der Waals surface area contributed by atoms with Crippen molar-refractivity contribution in [2.24, 2.45) is 5.92 Å². The van der Waals surface area contributed by atoms with Gasteiger partial charge in [-0.15, -0.1) is 0 Å². The highest BCUT2D eigenvalue weighted by atomic mass is 15.2. The normalized spacial score (nSPS) is 20.8. The van der Waals surface area contributed by atoms with Crippen molar-refractivity contribution in [3.05, 3.63) is 17.8 Å². The predicted molar refractivity (Wildman–Crippen MR) is 77.8 cm³/mol. The third kappa shape index (κ3) is 3.15. The number of rotatable bonds is 3. The first-order chi connectivity index (χ1) is 8.70. The molecule has 1 atom stereocenters. The summed E-state index contributed by atoms with van der Waals surface area (Å²) in [6, 6.07) is 2.02. The summed E-state index contributed by atoms with van der Waals surface area (Å²) in [5.74, 6) is 1.96. The molecule has 1 aliphatic rings. The number of hydrogen-bond donors (Lipinski definition) is 1. The fourth-order valence-electron chi connectivity index (χ4n) is 2.79. The summed E-state index contributed by atoms with van der Waals surface area (Å²) in [5, 5.41) is 0. The van der Waals surface area contributed by atoms with E-state index in [0.717, 1.165) is 36.1 Å². The van der Waals surface area contributed by atoms with Crippen molar-refractivity contribution in [2.75, 3.05) is 23.7 Å². The van der Waals surface area contributed by atoms with Crippen LogP contribution >= 0.6 is 0 Å². The molecule has 0 saturated carbocycles. The number of anilines is 2. The van der Waals surface area contributed by atoms with E-state index in [9.17, 15) is 0 Å². The SMILES string of the molecule is CCCC1CCCN(c2cc(N)c(C)cn2)CC1. The summed E-state index contributed by atoms with van der Waals surface area (Å²) in [7, 11) is 0. The van der Waals surface area contributed by atoms with Crippen LogP contribution in [0.15, 0.2) is 12.3 Å². The van der Waals surface area contributed by atoms with Crippen LogP contribution in [0.2, 0.25) is 0 Å². The standard InChI is InChI=1S/C15H25N3/c1-3-5-13-6-4-8-18(9-7-13)15-10-14(16)12(2)11-17-15/h10-11,13H,3-9H2,1-2H3,(H2,16,17). The van der Waals surface area contributed by atoms with Gasteiger partial charge in [-0.05, 0) is 37.7 Å². The second kappa shape index (κ2) is 6.07. The van der Waals surface area contributed by atoms with Crippen LogP contribution in [-0.4, -0.2) is 18.1 Å². The van der Waals surface area contributed by atoms with Gasteiger partial charge < -0.3 is 10.6 Å². The number of nitrogens with two attached hydrogens (primary N) is 1. The molecular weight excluding hydrogens is 222 g/mol. The van der Waals surface area contributed by atoms with Crippen molar-refractivity contribution >= 4 is 11.5 Å². The van der Waals surface area contributed by atoms with Crippen molar-refractivity contribution in [2.45, 2.75) is 46.0 Å². The molecule has 1 aromatic heterocycles. The van der Waals surface area contributed by atoms with E-state index in [1.54, 1.807) is 0 Å². The molecule has 0 bridgehead atoms. The van der Waals surface area contributed by atoms with E-state index in [0.29, 0.717) is 0 Å². The van der Waals surface area contributed by atoms with Crippen LogP contribution < -0.4 is 10.6 Å². The maximum Gasteiger partial charge on any atom is 0.130 e. The summed E-state index contributed by atoms with van der Waals surface area (Å²) in [6.07, 6.45) is 8.51. The van der Waals surface area contributed by atoms with Crippen LogP contribution in [0.1, 0.15) is 44.6 Å².